The van der Waals surface area contributed by atoms with E-state index in [9.17, 15) is 8.78 Å². The third-order valence-corrected chi connectivity index (χ3v) is 1.10. The molecule has 0 saturated heterocycles. The van der Waals surface area contributed by atoms with E-state index in [4.69, 9.17) is 5.73 Å². The summed E-state index contributed by atoms with van der Waals surface area (Å²) in [7, 11) is 0. The second kappa shape index (κ2) is 4.44. The zero-order valence-corrected chi connectivity index (χ0v) is 5.40. The predicted molar refractivity (Wildman–Crippen MR) is 33.2 cm³/mol. The Morgan fingerprint density at radius 1 is 1.67 bits per heavy atom. The van der Waals surface area contributed by atoms with Crippen LogP contribution in [0.4, 0.5) is 8.78 Å². The molecule has 0 aliphatic heterocycles. The minimum absolute atomic E-state index is 0.119. The molecule has 9 heavy (non-hydrogen) atoms. The molecule has 0 aromatic rings. The van der Waals surface area contributed by atoms with E-state index >= 15 is 0 Å². The number of hydrogen-bond donors (Lipinski definition) is 1. The lowest BCUT2D eigenvalue weighted by Gasteiger charge is -2.01. The van der Waals surface area contributed by atoms with Gasteiger partial charge < -0.3 is 5.73 Å². The van der Waals surface area contributed by atoms with Gasteiger partial charge in [-0.15, -0.1) is 0 Å². The van der Waals surface area contributed by atoms with Crippen LogP contribution in [0.5, 0.6) is 0 Å². The van der Waals surface area contributed by atoms with Crippen LogP contribution in [-0.2, 0) is 0 Å². The standard InChI is InChI=1S/C6H11F2N/c1-2-5(9)3-4-6(7)8/h4-5H,2-3,9H2,1H3/t5-/m1/s1. The highest BCUT2D eigenvalue weighted by atomic mass is 19.3. The Labute approximate surface area is 53.5 Å². The van der Waals surface area contributed by atoms with Gasteiger partial charge in [0.05, 0.1) is 0 Å². The second-order valence-corrected chi connectivity index (χ2v) is 1.90. The maximum absolute atomic E-state index is 11.3. The molecule has 0 aliphatic rings. The molecule has 1 atom stereocenters. The first-order valence-corrected chi connectivity index (χ1v) is 2.93. The van der Waals surface area contributed by atoms with Gasteiger partial charge >= 0.3 is 0 Å². The SMILES string of the molecule is CC[C@@H](N)CC=C(F)F. The van der Waals surface area contributed by atoms with E-state index in [2.05, 4.69) is 0 Å². The van der Waals surface area contributed by atoms with Crippen molar-refractivity contribution in [1.29, 1.82) is 0 Å². The summed E-state index contributed by atoms with van der Waals surface area (Å²) < 4.78 is 22.7. The molecule has 0 saturated carbocycles. The molecule has 54 valence electrons. The molecule has 0 aromatic heterocycles. The van der Waals surface area contributed by atoms with Gasteiger partial charge in [-0.2, -0.15) is 8.78 Å². The smallest absolute Gasteiger partial charge is 0.266 e. The van der Waals surface area contributed by atoms with E-state index < -0.39 is 6.08 Å². The molecule has 3 heteroatoms. The summed E-state index contributed by atoms with van der Waals surface area (Å²) in [5, 5.41) is 0. The fraction of sp³-hybridized carbons (Fsp3) is 0.667. The minimum Gasteiger partial charge on any atom is -0.327 e. The maximum atomic E-state index is 11.3. The molecule has 0 bridgehead atoms. The summed E-state index contributed by atoms with van der Waals surface area (Å²) in [6.45, 7) is 1.87. The van der Waals surface area contributed by atoms with Gasteiger partial charge in [0.15, 0.2) is 0 Å². The monoisotopic (exact) mass is 135 g/mol. The molecule has 0 aromatic carbocycles. The normalized spacial score (nSPS) is 12.9. The van der Waals surface area contributed by atoms with Crippen LogP contribution in [0.1, 0.15) is 19.8 Å². The lowest BCUT2D eigenvalue weighted by Crippen LogP contribution is -2.16. The third kappa shape index (κ3) is 5.43. The van der Waals surface area contributed by atoms with Gasteiger partial charge in [-0.1, -0.05) is 6.92 Å². The van der Waals surface area contributed by atoms with Gasteiger partial charge in [0.25, 0.3) is 6.08 Å². The van der Waals surface area contributed by atoms with Crippen LogP contribution in [0.15, 0.2) is 12.2 Å². The van der Waals surface area contributed by atoms with E-state index in [-0.39, 0.29) is 12.5 Å². The van der Waals surface area contributed by atoms with Crippen molar-refractivity contribution in [2.75, 3.05) is 0 Å². The summed E-state index contributed by atoms with van der Waals surface area (Å²) in [4.78, 5) is 0. The second-order valence-electron chi connectivity index (χ2n) is 1.90. The molecule has 1 nitrogen and oxygen atoms in total. The van der Waals surface area contributed by atoms with Crippen LogP contribution in [0, 0.1) is 0 Å². The fourth-order valence-corrected chi connectivity index (χ4v) is 0.407. The molecule has 2 N–H and O–H groups in total. The van der Waals surface area contributed by atoms with Crippen molar-refractivity contribution >= 4 is 0 Å². The van der Waals surface area contributed by atoms with E-state index in [0.29, 0.717) is 0 Å². The lowest BCUT2D eigenvalue weighted by atomic mass is 10.2. The van der Waals surface area contributed by atoms with Gasteiger partial charge in [0, 0.05) is 6.04 Å². The summed E-state index contributed by atoms with van der Waals surface area (Å²) in [5.41, 5.74) is 5.34. The van der Waals surface area contributed by atoms with Crippen LogP contribution >= 0.6 is 0 Å². The summed E-state index contributed by atoms with van der Waals surface area (Å²) in [6.07, 6.45) is 0.232. The predicted octanol–water partition coefficient (Wildman–Crippen LogP) is 1.89. The summed E-state index contributed by atoms with van der Waals surface area (Å²) in [5.74, 6) is 0. The molecule has 0 spiro atoms. The van der Waals surface area contributed by atoms with E-state index in [1.54, 1.807) is 0 Å². The van der Waals surface area contributed by atoms with Crippen molar-refractivity contribution in [2.45, 2.75) is 25.8 Å². The first-order chi connectivity index (χ1) is 4.16. The van der Waals surface area contributed by atoms with Gasteiger partial charge in [-0.05, 0) is 18.9 Å². The van der Waals surface area contributed by atoms with Crippen molar-refractivity contribution < 1.29 is 8.78 Å². The molecule has 0 aliphatic carbocycles. The van der Waals surface area contributed by atoms with E-state index in [1.165, 1.54) is 0 Å². The van der Waals surface area contributed by atoms with E-state index in [0.717, 1.165) is 12.5 Å². The van der Waals surface area contributed by atoms with Crippen LogP contribution in [0.25, 0.3) is 0 Å². The Kier molecular flexibility index (Phi) is 4.22. The Balaban J connectivity index is 3.37. The molecule has 0 amide bonds. The highest BCUT2D eigenvalue weighted by Gasteiger charge is 1.96. The average Bonchev–Trinajstić information content (AvgIpc) is 1.83. The minimum atomic E-state index is -1.64. The quantitative estimate of drug-likeness (QED) is 0.628. The van der Waals surface area contributed by atoms with Gasteiger partial charge in [-0.3, -0.25) is 0 Å². The average molecular weight is 135 g/mol. The van der Waals surface area contributed by atoms with Crippen LogP contribution in [-0.4, -0.2) is 6.04 Å². The van der Waals surface area contributed by atoms with Gasteiger partial charge in [0.2, 0.25) is 0 Å². The fourth-order valence-electron chi connectivity index (χ4n) is 0.407. The molecule has 0 unspecified atom stereocenters. The number of nitrogens with two attached hydrogens (primary N) is 1. The molecule has 0 fully saturated rings. The summed E-state index contributed by atoms with van der Waals surface area (Å²) >= 11 is 0. The molecule has 0 rings (SSSR count). The molecule has 0 heterocycles. The van der Waals surface area contributed by atoms with Crippen LogP contribution in [0.3, 0.4) is 0 Å². The van der Waals surface area contributed by atoms with Crippen molar-refractivity contribution in [1.82, 2.24) is 0 Å². The van der Waals surface area contributed by atoms with Crippen molar-refractivity contribution in [2.24, 2.45) is 5.73 Å². The first-order valence-electron chi connectivity index (χ1n) is 2.93. The van der Waals surface area contributed by atoms with Crippen molar-refractivity contribution in [3.05, 3.63) is 12.2 Å². The number of hydrogen-bond acceptors (Lipinski definition) is 1. The zero-order chi connectivity index (χ0) is 7.28. The third-order valence-electron chi connectivity index (χ3n) is 1.10. The Morgan fingerprint density at radius 3 is 2.56 bits per heavy atom. The largest absolute Gasteiger partial charge is 0.327 e. The molecular weight excluding hydrogens is 124 g/mol. The summed E-state index contributed by atoms with van der Waals surface area (Å²) in [6, 6.07) is -0.119. The number of halogens is 2. The molecular formula is C6H11F2N. The highest BCUT2D eigenvalue weighted by Crippen LogP contribution is 2.01. The van der Waals surface area contributed by atoms with Crippen molar-refractivity contribution in [3.8, 4) is 0 Å². The number of rotatable bonds is 3. The first kappa shape index (κ1) is 8.56. The molecule has 0 radical (unpaired) electrons. The highest BCUT2D eigenvalue weighted by molar-refractivity contribution is 4.83. The van der Waals surface area contributed by atoms with Crippen LogP contribution in [0.2, 0.25) is 0 Å². The topological polar surface area (TPSA) is 26.0 Å². The zero-order valence-electron chi connectivity index (χ0n) is 5.40. The Morgan fingerprint density at radius 2 is 2.22 bits per heavy atom. The van der Waals surface area contributed by atoms with Gasteiger partial charge in [0.1, 0.15) is 0 Å². The lowest BCUT2D eigenvalue weighted by molar-refractivity contribution is 0.415. The van der Waals surface area contributed by atoms with Crippen LogP contribution < -0.4 is 5.73 Å². The Hall–Kier alpha value is -0.440. The van der Waals surface area contributed by atoms with E-state index in [1.807, 2.05) is 6.92 Å². The van der Waals surface area contributed by atoms with Gasteiger partial charge in [-0.25, -0.2) is 0 Å². The van der Waals surface area contributed by atoms with Crippen molar-refractivity contribution in [3.63, 3.8) is 0 Å². The Bertz CT molecular complexity index is 97.2. The maximum Gasteiger partial charge on any atom is 0.266 e.